The number of nitrogens with zero attached hydrogens (tertiary/aromatic N) is 2. The molecule has 0 atom stereocenters. The minimum atomic E-state index is -3.19. The van der Waals surface area contributed by atoms with Crippen LogP contribution in [0.25, 0.3) is 6.08 Å². The first-order valence-electron chi connectivity index (χ1n) is 10.8. The largest absolute Gasteiger partial charge is 0.367 e. The van der Waals surface area contributed by atoms with E-state index in [0.717, 1.165) is 16.9 Å². The number of benzene rings is 2. The summed E-state index contributed by atoms with van der Waals surface area (Å²) >= 11 is 5.33. The SMILES string of the molecule is CC(C)c1ccc(C=CC(=O)NC(=S)Nc2ccccc2N2CCN(S(C)(=O)=O)CC2)cc1. The van der Waals surface area contributed by atoms with Gasteiger partial charge in [-0.2, -0.15) is 4.31 Å². The molecule has 1 amide bonds. The molecule has 176 valence electrons. The Morgan fingerprint density at radius 3 is 2.27 bits per heavy atom. The van der Waals surface area contributed by atoms with Gasteiger partial charge in [0.2, 0.25) is 15.9 Å². The summed E-state index contributed by atoms with van der Waals surface area (Å²) in [7, 11) is -3.19. The van der Waals surface area contributed by atoms with E-state index < -0.39 is 10.0 Å². The van der Waals surface area contributed by atoms with Gasteiger partial charge in [0, 0.05) is 32.3 Å². The lowest BCUT2D eigenvalue weighted by Gasteiger charge is -2.35. The zero-order valence-corrected chi connectivity index (χ0v) is 20.7. The van der Waals surface area contributed by atoms with Gasteiger partial charge in [0.15, 0.2) is 5.11 Å². The molecular formula is C24H30N4O3S2. The van der Waals surface area contributed by atoms with Crippen LogP contribution in [0.5, 0.6) is 0 Å². The van der Waals surface area contributed by atoms with E-state index >= 15 is 0 Å². The molecule has 1 heterocycles. The van der Waals surface area contributed by atoms with E-state index in [-0.39, 0.29) is 11.0 Å². The van der Waals surface area contributed by atoms with Crippen molar-refractivity contribution in [3.8, 4) is 0 Å². The summed E-state index contributed by atoms with van der Waals surface area (Å²) in [5, 5.41) is 5.96. The molecule has 0 saturated carbocycles. The maximum Gasteiger partial charge on any atom is 0.250 e. The Morgan fingerprint density at radius 2 is 1.67 bits per heavy atom. The number of hydrogen-bond donors (Lipinski definition) is 2. The van der Waals surface area contributed by atoms with Gasteiger partial charge in [-0.15, -0.1) is 0 Å². The zero-order valence-electron chi connectivity index (χ0n) is 19.1. The van der Waals surface area contributed by atoms with Gasteiger partial charge in [-0.25, -0.2) is 8.42 Å². The fourth-order valence-corrected chi connectivity index (χ4v) is 4.62. The number of carbonyl (C=O) groups is 1. The molecular weight excluding hydrogens is 456 g/mol. The van der Waals surface area contributed by atoms with E-state index in [2.05, 4.69) is 41.5 Å². The standard InChI is InChI=1S/C24H30N4O3S2/c1-18(2)20-11-8-19(9-12-20)10-13-23(29)26-24(32)25-21-6-4-5-7-22(21)27-14-16-28(17-15-27)33(3,30)31/h4-13,18H,14-17H2,1-3H3,(H2,25,26,29,32). The van der Waals surface area contributed by atoms with Crippen LogP contribution in [0.15, 0.2) is 54.6 Å². The van der Waals surface area contributed by atoms with E-state index in [1.165, 1.54) is 22.2 Å². The average Bonchev–Trinajstić information content (AvgIpc) is 2.78. The third-order valence-corrected chi connectivity index (χ3v) is 6.97. The summed E-state index contributed by atoms with van der Waals surface area (Å²) in [5.41, 5.74) is 3.84. The minimum Gasteiger partial charge on any atom is -0.367 e. The van der Waals surface area contributed by atoms with Crippen LogP contribution in [-0.2, 0) is 14.8 Å². The first-order valence-corrected chi connectivity index (χ1v) is 13.1. The molecule has 7 nitrogen and oxygen atoms in total. The Bertz CT molecular complexity index is 1120. The number of anilines is 2. The second-order valence-electron chi connectivity index (χ2n) is 8.26. The number of amides is 1. The molecule has 2 aromatic rings. The van der Waals surface area contributed by atoms with Crippen LogP contribution in [-0.4, -0.2) is 56.2 Å². The predicted molar refractivity (Wildman–Crippen MR) is 139 cm³/mol. The van der Waals surface area contributed by atoms with Gasteiger partial charge in [0.1, 0.15) is 0 Å². The summed E-state index contributed by atoms with van der Waals surface area (Å²) in [6.45, 7) is 6.28. The van der Waals surface area contributed by atoms with Crippen molar-refractivity contribution in [2.45, 2.75) is 19.8 Å². The Labute approximate surface area is 201 Å². The van der Waals surface area contributed by atoms with Crippen LogP contribution in [0.1, 0.15) is 30.9 Å². The highest BCUT2D eigenvalue weighted by Crippen LogP contribution is 2.27. The number of carbonyl (C=O) groups excluding carboxylic acids is 1. The number of para-hydroxylation sites is 2. The van der Waals surface area contributed by atoms with Crippen molar-refractivity contribution in [1.29, 1.82) is 0 Å². The molecule has 0 aliphatic carbocycles. The molecule has 3 rings (SSSR count). The zero-order chi connectivity index (χ0) is 24.0. The normalized spacial score (nSPS) is 15.1. The van der Waals surface area contributed by atoms with Crippen molar-refractivity contribution in [2.24, 2.45) is 0 Å². The maximum absolute atomic E-state index is 12.3. The fourth-order valence-electron chi connectivity index (χ4n) is 3.59. The summed E-state index contributed by atoms with van der Waals surface area (Å²) in [4.78, 5) is 14.4. The molecule has 33 heavy (non-hydrogen) atoms. The number of thiocarbonyl (C=S) groups is 1. The molecule has 2 N–H and O–H groups in total. The van der Waals surface area contributed by atoms with Gasteiger partial charge in [-0.1, -0.05) is 50.2 Å². The lowest BCUT2D eigenvalue weighted by molar-refractivity contribution is -0.115. The fraction of sp³-hybridized carbons (Fsp3) is 0.333. The molecule has 1 aliphatic heterocycles. The Morgan fingerprint density at radius 1 is 1.03 bits per heavy atom. The quantitative estimate of drug-likeness (QED) is 0.481. The van der Waals surface area contributed by atoms with Crippen LogP contribution in [0, 0.1) is 0 Å². The number of piperazine rings is 1. The Hall–Kier alpha value is -2.75. The predicted octanol–water partition coefficient (Wildman–Crippen LogP) is 3.42. The highest BCUT2D eigenvalue weighted by molar-refractivity contribution is 7.88. The van der Waals surface area contributed by atoms with Gasteiger partial charge in [0.25, 0.3) is 0 Å². The smallest absolute Gasteiger partial charge is 0.250 e. The van der Waals surface area contributed by atoms with Gasteiger partial charge < -0.3 is 10.2 Å². The van der Waals surface area contributed by atoms with Crippen molar-refractivity contribution < 1.29 is 13.2 Å². The van der Waals surface area contributed by atoms with Crippen LogP contribution >= 0.6 is 12.2 Å². The van der Waals surface area contributed by atoms with E-state index in [0.29, 0.717) is 32.1 Å². The van der Waals surface area contributed by atoms with E-state index in [9.17, 15) is 13.2 Å². The molecule has 1 saturated heterocycles. The third kappa shape index (κ3) is 7.12. The lowest BCUT2D eigenvalue weighted by Crippen LogP contribution is -2.48. The summed E-state index contributed by atoms with van der Waals surface area (Å²) < 4.78 is 25.0. The van der Waals surface area contributed by atoms with Crippen LogP contribution in [0.2, 0.25) is 0 Å². The van der Waals surface area contributed by atoms with Gasteiger partial charge >= 0.3 is 0 Å². The number of sulfonamides is 1. The maximum atomic E-state index is 12.3. The van der Waals surface area contributed by atoms with Crippen molar-refractivity contribution in [3.05, 3.63) is 65.7 Å². The first-order chi connectivity index (χ1) is 15.6. The van der Waals surface area contributed by atoms with Gasteiger partial charge in [-0.3, -0.25) is 10.1 Å². The third-order valence-electron chi connectivity index (χ3n) is 5.47. The molecule has 0 unspecified atom stereocenters. The van der Waals surface area contributed by atoms with Crippen LogP contribution in [0.3, 0.4) is 0 Å². The van der Waals surface area contributed by atoms with E-state index in [1.54, 1.807) is 6.08 Å². The first kappa shape index (κ1) is 24.9. The molecule has 0 spiro atoms. The lowest BCUT2D eigenvalue weighted by atomic mass is 10.0. The van der Waals surface area contributed by atoms with Crippen LogP contribution < -0.4 is 15.5 Å². The highest BCUT2D eigenvalue weighted by atomic mass is 32.2. The molecule has 0 radical (unpaired) electrons. The summed E-state index contributed by atoms with van der Waals surface area (Å²) in [5.74, 6) is 0.140. The number of rotatable bonds is 6. The Balaban J connectivity index is 1.58. The van der Waals surface area contributed by atoms with Gasteiger partial charge in [-0.05, 0) is 47.5 Å². The minimum absolute atomic E-state index is 0.196. The Kier molecular flexibility index (Phi) is 8.23. The number of hydrogen-bond acceptors (Lipinski definition) is 5. The second-order valence-corrected chi connectivity index (χ2v) is 10.7. The van der Waals surface area contributed by atoms with E-state index in [4.69, 9.17) is 12.2 Å². The molecule has 0 aromatic heterocycles. The monoisotopic (exact) mass is 486 g/mol. The molecule has 1 fully saturated rings. The molecule has 2 aromatic carbocycles. The topological polar surface area (TPSA) is 81.8 Å². The summed E-state index contributed by atoms with van der Waals surface area (Å²) in [6.07, 6.45) is 4.43. The number of nitrogens with one attached hydrogen (secondary N) is 2. The summed E-state index contributed by atoms with van der Waals surface area (Å²) in [6, 6.07) is 15.7. The average molecular weight is 487 g/mol. The van der Waals surface area contributed by atoms with E-state index in [1.807, 2.05) is 36.4 Å². The second kappa shape index (κ2) is 10.9. The van der Waals surface area contributed by atoms with Crippen molar-refractivity contribution in [2.75, 3.05) is 42.7 Å². The van der Waals surface area contributed by atoms with Crippen LogP contribution in [0.4, 0.5) is 11.4 Å². The molecule has 9 heteroatoms. The van der Waals surface area contributed by atoms with Crippen molar-refractivity contribution in [1.82, 2.24) is 9.62 Å². The van der Waals surface area contributed by atoms with Crippen molar-refractivity contribution in [3.63, 3.8) is 0 Å². The molecule has 0 bridgehead atoms. The van der Waals surface area contributed by atoms with Gasteiger partial charge in [0.05, 0.1) is 17.6 Å². The molecule has 1 aliphatic rings. The highest BCUT2D eigenvalue weighted by Gasteiger charge is 2.24. The van der Waals surface area contributed by atoms with Crippen molar-refractivity contribution >= 4 is 50.7 Å².